The van der Waals surface area contributed by atoms with E-state index >= 15 is 0 Å². The SMILES string of the molecule is NCC(O)CCO. The molecule has 0 radical (unpaired) electrons. The highest BCUT2D eigenvalue weighted by atomic mass is 16.3. The van der Waals surface area contributed by atoms with Crippen molar-refractivity contribution in [2.75, 3.05) is 13.2 Å². The Bertz CT molecular complexity index is 40.7. The average Bonchev–Trinajstić information content (AvgIpc) is 1.68. The smallest absolute Gasteiger partial charge is 0.0684 e. The molecule has 0 aliphatic carbocycles. The molecule has 4 N–H and O–H groups in total. The van der Waals surface area contributed by atoms with Crippen molar-refractivity contribution in [2.24, 2.45) is 5.73 Å². The van der Waals surface area contributed by atoms with Gasteiger partial charge in [0.15, 0.2) is 0 Å². The van der Waals surface area contributed by atoms with Crippen LogP contribution in [0, 0.1) is 0 Å². The van der Waals surface area contributed by atoms with Crippen LogP contribution in [0.2, 0.25) is 0 Å². The van der Waals surface area contributed by atoms with Crippen LogP contribution in [-0.2, 0) is 0 Å². The molecule has 0 rings (SSSR count). The van der Waals surface area contributed by atoms with Crippen molar-refractivity contribution < 1.29 is 10.2 Å². The fourth-order valence-corrected chi connectivity index (χ4v) is 0.267. The molecular formula is C4H11NO2. The van der Waals surface area contributed by atoms with Crippen molar-refractivity contribution in [3.8, 4) is 0 Å². The lowest BCUT2D eigenvalue weighted by Gasteiger charge is -2.01. The Morgan fingerprint density at radius 2 is 2.14 bits per heavy atom. The summed E-state index contributed by atoms with van der Waals surface area (Å²) in [6.45, 7) is 0.249. The summed E-state index contributed by atoms with van der Waals surface area (Å²) in [6.07, 6.45) is -0.138. The quantitative estimate of drug-likeness (QED) is 0.417. The Labute approximate surface area is 42.8 Å². The molecule has 0 aromatic rings. The van der Waals surface area contributed by atoms with E-state index in [0.717, 1.165) is 0 Å². The molecule has 0 aliphatic heterocycles. The van der Waals surface area contributed by atoms with Gasteiger partial charge >= 0.3 is 0 Å². The molecule has 7 heavy (non-hydrogen) atoms. The van der Waals surface area contributed by atoms with E-state index in [2.05, 4.69) is 0 Å². The normalized spacial score (nSPS) is 14.1. The number of rotatable bonds is 3. The van der Waals surface area contributed by atoms with Crippen molar-refractivity contribution >= 4 is 0 Å². The minimum Gasteiger partial charge on any atom is -0.396 e. The highest BCUT2D eigenvalue weighted by Crippen LogP contribution is 1.83. The zero-order chi connectivity index (χ0) is 5.70. The van der Waals surface area contributed by atoms with Crippen LogP contribution in [0.5, 0.6) is 0 Å². The van der Waals surface area contributed by atoms with Crippen LogP contribution in [0.15, 0.2) is 0 Å². The third-order valence-electron chi connectivity index (χ3n) is 0.734. The summed E-state index contributed by atoms with van der Waals surface area (Å²) in [5.41, 5.74) is 5.00. The molecule has 1 atom stereocenters. The Hall–Kier alpha value is -0.120. The van der Waals surface area contributed by atoms with Gasteiger partial charge in [-0.2, -0.15) is 0 Å². The molecular weight excluding hydrogens is 94.0 g/mol. The summed E-state index contributed by atoms with van der Waals surface area (Å²) in [5.74, 6) is 0. The largest absolute Gasteiger partial charge is 0.396 e. The minimum absolute atomic E-state index is 0.0123. The van der Waals surface area contributed by atoms with Crippen LogP contribution in [0.1, 0.15) is 6.42 Å². The summed E-state index contributed by atoms with van der Waals surface area (Å²) in [4.78, 5) is 0. The maximum Gasteiger partial charge on any atom is 0.0684 e. The molecule has 0 aromatic heterocycles. The van der Waals surface area contributed by atoms with Gasteiger partial charge in [0.1, 0.15) is 0 Å². The number of nitrogens with two attached hydrogens (primary N) is 1. The molecule has 44 valence electrons. The van der Waals surface area contributed by atoms with Crippen molar-refractivity contribution in [1.29, 1.82) is 0 Å². The summed E-state index contributed by atoms with van der Waals surface area (Å²) < 4.78 is 0. The van der Waals surface area contributed by atoms with Gasteiger partial charge in [0.25, 0.3) is 0 Å². The van der Waals surface area contributed by atoms with E-state index in [1.807, 2.05) is 0 Å². The van der Waals surface area contributed by atoms with Crippen LogP contribution in [-0.4, -0.2) is 29.5 Å². The van der Waals surface area contributed by atoms with E-state index in [9.17, 15) is 0 Å². The highest BCUT2D eigenvalue weighted by molar-refractivity contribution is 4.51. The molecule has 0 heterocycles. The second kappa shape index (κ2) is 4.05. The van der Waals surface area contributed by atoms with Crippen LogP contribution in [0.25, 0.3) is 0 Å². The van der Waals surface area contributed by atoms with Gasteiger partial charge in [-0.05, 0) is 6.42 Å². The summed E-state index contributed by atoms with van der Waals surface area (Å²) in [5, 5.41) is 16.7. The van der Waals surface area contributed by atoms with Gasteiger partial charge in [-0.3, -0.25) is 0 Å². The average molecular weight is 105 g/mol. The van der Waals surface area contributed by atoms with Gasteiger partial charge in [0, 0.05) is 13.2 Å². The molecule has 0 bridgehead atoms. The first kappa shape index (κ1) is 6.88. The molecule has 0 amide bonds. The Morgan fingerprint density at radius 1 is 1.57 bits per heavy atom. The molecule has 3 nitrogen and oxygen atoms in total. The predicted molar refractivity (Wildman–Crippen MR) is 26.8 cm³/mol. The van der Waals surface area contributed by atoms with Crippen LogP contribution in [0.4, 0.5) is 0 Å². The molecule has 0 spiro atoms. The first-order chi connectivity index (χ1) is 3.31. The first-order valence-corrected chi connectivity index (χ1v) is 2.30. The van der Waals surface area contributed by atoms with Gasteiger partial charge in [-0.15, -0.1) is 0 Å². The lowest BCUT2D eigenvalue weighted by atomic mass is 10.3. The van der Waals surface area contributed by atoms with E-state index in [-0.39, 0.29) is 13.2 Å². The van der Waals surface area contributed by atoms with Crippen LogP contribution in [0.3, 0.4) is 0 Å². The monoisotopic (exact) mass is 105 g/mol. The topological polar surface area (TPSA) is 66.5 Å². The van der Waals surface area contributed by atoms with Gasteiger partial charge in [-0.25, -0.2) is 0 Å². The maximum atomic E-state index is 8.57. The molecule has 0 fully saturated rings. The van der Waals surface area contributed by atoms with E-state index in [4.69, 9.17) is 15.9 Å². The Morgan fingerprint density at radius 3 is 2.29 bits per heavy atom. The highest BCUT2D eigenvalue weighted by Gasteiger charge is 1.95. The van der Waals surface area contributed by atoms with E-state index in [1.54, 1.807) is 0 Å². The standard InChI is InChI=1S/C4H11NO2/c5-3-4(7)1-2-6/h4,6-7H,1-3,5H2. The van der Waals surface area contributed by atoms with Crippen molar-refractivity contribution in [1.82, 2.24) is 0 Å². The fraction of sp³-hybridized carbons (Fsp3) is 1.00. The molecule has 0 saturated carbocycles. The van der Waals surface area contributed by atoms with Gasteiger partial charge < -0.3 is 15.9 Å². The zero-order valence-corrected chi connectivity index (χ0v) is 4.17. The number of aliphatic hydroxyl groups is 2. The first-order valence-electron chi connectivity index (χ1n) is 2.30. The third kappa shape index (κ3) is 3.72. The Kier molecular flexibility index (Phi) is 3.98. The Balaban J connectivity index is 2.83. The van der Waals surface area contributed by atoms with Crippen molar-refractivity contribution in [3.63, 3.8) is 0 Å². The van der Waals surface area contributed by atoms with E-state index in [0.29, 0.717) is 6.42 Å². The molecule has 0 aromatic carbocycles. The number of aliphatic hydroxyl groups excluding tert-OH is 2. The fourth-order valence-electron chi connectivity index (χ4n) is 0.267. The number of hydrogen-bond acceptors (Lipinski definition) is 3. The maximum absolute atomic E-state index is 8.57. The van der Waals surface area contributed by atoms with Gasteiger partial charge in [0.2, 0.25) is 0 Å². The van der Waals surface area contributed by atoms with Gasteiger partial charge in [0.05, 0.1) is 6.10 Å². The van der Waals surface area contributed by atoms with Gasteiger partial charge in [-0.1, -0.05) is 0 Å². The van der Waals surface area contributed by atoms with Crippen LogP contribution >= 0.6 is 0 Å². The number of hydrogen-bond donors (Lipinski definition) is 3. The molecule has 0 saturated heterocycles. The lowest BCUT2D eigenvalue weighted by Crippen LogP contribution is -2.20. The van der Waals surface area contributed by atoms with E-state index in [1.165, 1.54) is 0 Å². The molecule has 3 heteroatoms. The second-order valence-corrected chi connectivity index (χ2v) is 1.40. The second-order valence-electron chi connectivity index (χ2n) is 1.40. The van der Waals surface area contributed by atoms with Crippen molar-refractivity contribution in [2.45, 2.75) is 12.5 Å². The molecule has 1 unspecified atom stereocenters. The third-order valence-corrected chi connectivity index (χ3v) is 0.734. The van der Waals surface area contributed by atoms with Crippen molar-refractivity contribution in [3.05, 3.63) is 0 Å². The lowest BCUT2D eigenvalue weighted by molar-refractivity contribution is 0.139. The zero-order valence-electron chi connectivity index (χ0n) is 4.17. The van der Waals surface area contributed by atoms with Crippen LogP contribution < -0.4 is 5.73 Å². The minimum atomic E-state index is -0.523. The molecule has 0 aliphatic rings. The summed E-state index contributed by atoms with van der Waals surface area (Å²) in [7, 11) is 0. The van der Waals surface area contributed by atoms with E-state index < -0.39 is 6.10 Å². The summed E-state index contributed by atoms with van der Waals surface area (Å²) in [6, 6.07) is 0. The predicted octanol–water partition coefficient (Wildman–Crippen LogP) is -1.31. The summed E-state index contributed by atoms with van der Waals surface area (Å²) >= 11 is 0.